The lowest BCUT2D eigenvalue weighted by molar-refractivity contribution is -0.0164. The first-order valence-corrected chi connectivity index (χ1v) is 10.7. The molecule has 3 aliphatic rings. The molecule has 0 atom stereocenters. The van der Waals surface area contributed by atoms with Crippen molar-refractivity contribution in [2.24, 2.45) is 4.99 Å². The number of hydrogen-bond donors (Lipinski definition) is 2. The number of rotatable bonds is 6. The van der Waals surface area contributed by atoms with Gasteiger partial charge in [0.15, 0.2) is 5.96 Å². The molecule has 1 aromatic rings. The number of guanidine groups is 1. The molecule has 0 bridgehead atoms. The lowest BCUT2D eigenvalue weighted by atomic mass is 9.88. The summed E-state index contributed by atoms with van der Waals surface area (Å²) >= 11 is 0. The summed E-state index contributed by atoms with van der Waals surface area (Å²) in [5.74, 6) is 0.715. The van der Waals surface area contributed by atoms with E-state index in [0.717, 1.165) is 57.0 Å². The van der Waals surface area contributed by atoms with Crippen LogP contribution in [0.1, 0.15) is 44.1 Å². The Kier molecular flexibility index (Phi) is 7.78. The summed E-state index contributed by atoms with van der Waals surface area (Å²) in [6, 6.07) is 7.17. The summed E-state index contributed by atoms with van der Waals surface area (Å²) in [6.07, 6.45) is 6.76. The molecule has 3 fully saturated rings. The highest BCUT2D eigenvalue weighted by Gasteiger charge is 2.46. The van der Waals surface area contributed by atoms with E-state index in [9.17, 15) is 4.39 Å². The molecule has 0 aromatic heterocycles. The van der Waals surface area contributed by atoms with Gasteiger partial charge in [-0.15, -0.1) is 24.0 Å². The van der Waals surface area contributed by atoms with Crippen molar-refractivity contribution in [3.8, 4) is 0 Å². The highest BCUT2D eigenvalue weighted by atomic mass is 127. The summed E-state index contributed by atoms with van der Waals surface area (Å²) in [7, 11) is 1.81. The predicted molar refractivity (Wildman–Crippen MR) is 126 cm³/mol. The van der Waals surface area contributed by atoms with Gasteiger partial charge in [-0.1, -0.05) is 18.2 Å². The monoisotopic (exact) mass is 516 g/mol. The molecule has 5 nitrogen and oxygen atoms in total. The van der Waals surface area contributed by atoms with E-state index in [1.807, 2.05) is 19.2 Å². The fraction of sp³-hybridized carbons (Fsp3) is 0.682. The van der Waals surface area contributed by atoms with Crippen molar-refractivity contribution in [2.75, 3.05) is 46.4 Å². The smallest absolute Gasteiger partial charge is 0.191 e. The zero-order chi connectivity index (χ0) is 19.5. The standard InChI is InChI=1S/C22H33FN4O.HI/c1-24-20(25-16-21(8-9-21)18-6-2-3-7-19(18)23)26-17-22(10-14-28-15-11-22)27-12-4-5-13-27;/h2-3,6-7H,4-5,8-17H2,1H3,(H2,24,25,26);1H. The lowest BCUT2D eigenvalue weighted by Crippen LogP contribution is -2.58. The molecule has 0 amide bonds. The van der Waals surface area contributed by atoms with Crippen LogP contribution in [0.15, 0.2) is 29.3 Å². The average molecular weight is 516 g/mol. The topological polar surface area (TPSA) is 48.9 Å². The minimum atomic E-state index is -0.0973. The Labute approximate surface area is 190 Å². The van der Waals surface area contributed by atoms with E-state index < -0.39 is 0 Å². The maximum atomic E-state index is 14.3. The average Bonchev–Trinajstić information content (AvgIpc) is 3.30. The minimum Gasteiger partial charge on any atom is -0.381 e. The largest absolute Gasteiger partial charge is 0.381 e. The maximum absolute atomic E-state index is 14.3. The van der Waals surface area contributed by atoms with E-state index in [0.29, 0.717) is 6.54 Å². The highest BCUT2D eigenvalue weighted by molar-refractivity contribution is 14.0. The molecule has 162 valence electrons. The van der Waals surface area contributed by atoms with Gasteiger partial charge >= 0.3 is 0 Å². The molecular formula is C22H34FIN4O. The number of hydrogen-bond acceptors (Lipinski definition) is 3. The van der Waals surface area contributed by atoms with Crippen LogP contribution in [-0.2, 0) is 10.2 Å². The van der Waals surface area contributed by atoms with Gasteiger partial charge in [0, 0.05) is 44.3 Å². The van der Waals surface area contributed by atoms with Crippen LogP contribution in [0.3, 0.4) is 0 Å². The van der Waals surface area contributed by atoms with Gasteiger partial charge in [-0.2, -0.15) is 0 Å². The van der Waals surface area contributed by atoms with Gasteiger partial charge in [0.2, 0.25) is 0 Å². The molecular weight excluding hydrogens is 482 g/mol. The normalized spacial score (nSPS) is 23.3. The van der Waals surface area contributed by atoms with Gasteiger partial charge in [-0.05, 0) is 63.2 Å². The molecule has 29 heavy (non-hydrogen) atoms. The molecule has 0 spiro atoms. The van der Waals surface area contributed by atoms with Crippen molar-refractivity contribution < 1.29 is 9.13 Å². The first kappa shape index (κ1) is 22.7. The fourth-order valence-corrected chi connectivity index (χ4v) is 4.85. The van der Waals surface area contributed by atoms with Gasteiger partial charge in [-0.3, -0.25) is 9.89 Å². The van der Waals surface area contributed by atoms with Gasteiger partial charge in [0.25, 0.3) is 0 Å². The Balaban J connectivity index is 0.00000240. The molecule has 1 aliphatic carbocycles. The fourth-order valence-electron chi connectivity index (χ4n) is 4.85. The van der Waals surface area contributed by atoms with E-state index in [1.54, 1.807) is 12.1 Å². The van der Waals surface area contributed by atoms with Crippen LogP contribution >= 0.6 is 24.0 Å². The van der Waals surface area contributed by atoms with Crippen LogP contribution in [-0.4, -0.2) is 62.8 Å². The molecule has 0 radical (unpaired) electrons. The molecule has 4 rings (SSSR count). The number of aliphatic imine (C=N–C) groups is 1. The first-order valence-electron chi connectivity index (χ1n) is 10.7. The quantitative estimate of drug-likeness (QED) is 0.346. The molecule has 0 unspecified atom stereocenters. The van der Waals surface area contributed by atoms with Crippen molar-refractivity contribution >= 4 is 29.9 Å². The molecule has 7 heteroatoms. The zero-order valence-electron chi connectivity index (χ0n) is 17.4. The Morgan fingerprint density at radius 3 is 2.34 bits per heavy atom. The minimum absolute atomic E-state index is 0. The van der Waals surface area contributed by atoms with Crippen LogP contribution in [0.25, 0.3) is 0 Å². The van der Waals surface area contributed by atoms with Crippen LogP contribution in [0.5, 0.6) is 0 Å². The number of benzene rings is 1. The highest BCUT2D eigenvalue weighted by Crippen LogP contribution is 2.48. The second-order valence-corrected chi connectivity index (χ2v) is 8.57. The third-order valence-corrected chi connectivity index (χ3v) is 6.90. The second-order valence-electron chi connectivity index (χ2n) is 8.57. The third-order valence-electron chi connectivity index (χ3n) is 6.90. The van der Waals surface area contributed by atoms with Crippen molar-refractivity contribution in [3.05, 3.63) is 35.6 Å². The van der Waals surface area contributed by atoms with E-state index in [1.165, 1.54) is 25.9 Å². The summed E-state index contributed by atoms with van der Waals surface area (Å²) in [5.41, 5.74) is 0.902. The Hall–Kier alpha value is -0.930. The summed E-state index contributed by atoms with van der Waals surface area (Å²) in [4.78, 5) is 7.08. The SMILES string of the molecule is CN=C(NCC1(c2ccccc2F)CC1)NCC1(N2CCCC2)CCOCC1.I. The maximum Gasteiger partial charge on any atom is 0.191 e. The van der Waals surface area contributed by atoms with Gasteiger partial charge < -0.3 is 15.4 Å². The van der Waals surface area contributed by atoms with Crippen LogP contribution < -0.4 is 10.6 Å². The van der Waals surface area contributed by atoms with Gasteiger partial charge in [0.05, 0.1) is 0 Å². The van der Waals surface area contributed by atoms with E-state index in [4.69, 9.17) is 4.74 Å². The van der Waals surface area contributed by atoms with Crippen molar-refractivity contribution in [1.29, 1.82) is 0 Å². The number of halogens is 2. The number of nitrogens with one attached hydrogen (secondary N) is 2. The van der Waals surface area contributed by atoms with E-state index >= 15 is 0 Å². The zero-order valence-corrected chi connectivity index (χ0v) is 19.7. The third kappa shape index (κ3) is 5.05. The molecule has 2 aliphatic heterocycles. The van der Waals surface area contributed by atoms with Crippen LogP contribution in [0, 0.1) is 5.82 Å². The number of likely N-dealkylation sites (tertiary alicyclic amines) is 1. The van der Waals surface area contributed by atoms with Gasteiger partial charge in [0.1, 0.15) is 5.82 Å². The first-order chi connectivity index (χ1) is 13.7. The Bertz CT molecular complexity index is 698. The van der Waals surface area contributed by atoms with Crippen LogP contribution in [0.4, 0.5) is 4.39 Å². The summed E-state index contributed by atoms with van der Waals surface area (Å²) < 4.78 is 19.9. The number of ether oxygens (including phenoxy) is 1. The van der Waals surface area contributed by atoms with Crippen molar-refractivity contribution in [2.45, 2.75) is 49.5 Å². The molecule has 1 saturated carbocycles. The predicted octanol–water partition coefficient (Wildman–Crippen LogP) is 3.29. The lowest BCUT2D eigenvalue weighted by Gasteiger charge is -2.45. The molecule has 1 aromatic carbocycles. The van der Waals surface area contributed by atoms with Crippen molar-refractivity contribution in [3.63, 3.8) is 0 Å². The van der Waals surface area contributed by atoms with Crippen LogP contribution in [0.2, 0.25) is 0 Å². The summed E-state index contributed by atoms with van der Waals surface area (Å²) in [6.45, 7) is 5.63. The van der Waals surface area contributed by atoms with Crippen molar-refractivity contribution in [1.82, 2.24) is 15.5 Å². The summed E-state index contributed by atoms with van der Waals surface area (Å²) in [5, 5.41) is 7.04. The molecule has 2 heterocycles. The number of nitrogens with zero attached hydrogens (tertiary/aromatic N) is 2. The Morgan fingerprint density at radius 2 is 1.72 bits per heavy atom. The Morgan fingerprint density at radius 1 is 1.07 bits per heavy atom. The van der Waals surface area contributed by atoms with Gasteiger partial charge in [-0.25, -0.2) is 4.39 Å². The second kappa shape index (κ2) is 9.92. The van der Waals surface area contributed by atoms with E-state index in [2.05, 4.69) is 20.5 Å². The van der Waals surface area contributed by atoms with E-state index in [-0.39, 0.29) is 40.7 Å². The molecule has 2 saturated heterocycles. The molecule has 2 N–H and O–H groups in total.